The van der Waals surface area contributed by atoms with Gasteiger partial charge in [0, 0.05) is 36.6 Å². The number of hydrogen-bond acceptors (Lipinski definition) is 2. The van der Waals surface area contributed by atoms with Gasteiger partial charge in [0.05, 0.1) is 13.2 Å². The van der Waals surface area contributed by atoms with E-state index in [9.17, 15) is 0 Å². The van der Waals surface area contributed by atoms with Crippen LogP contribution in [0.2, 0.25) is 0 Å². The summed E-state index contributed by atoms with van der Waals surface area (Å²) in [5.74, 6) is 1.64. The van der Waals surface area contributed by atoms with Crippen LogP contribution >= 0.6 is 39.9 Å². The first-order valence-corrected chi connectivity index (χ1v) is 9.29. The third kappa shape index (κ3) is 6.52. The van der Waals surface area contributed by atoms with E-state index in [0.29, 0.717) is 12.5 Å². The monoisotopic (exact) mass is 509 g/mol. The third-order valence-corrected chi connectivity index (χ3v) is 4.68. The number of aryl methyl sites for hydroxylation is 1. The van der Waals surface area contributed by atoms with E-state index < -0.39 is 0 Å². The van der Waals surface area contributed by atoms with Crippen LogP contribution in [-0.2, 0) is 11.3 Å². The quantitative estimate of drug-likeness (QED) is 0.354. The van der Waals surface area contributed by atoms with Crippen LogP contribution in [-0.4, -0.2) is 43.7 Å². The first-order valence-electron chi connectivity index (χ1n) is 8.50. The average Bonchev–Trinajstić information content (AvgIpc) is 2.99. The van der Waals surface area contributed by atoms with E-state index >= 15 is 0 Å². The van der Waals surface area contributed by atoms with E-state index in [1.807, 2.05) is 0 Å². The highest BCUT2D eigenvalue weighted by Gasteiger charge is 2.24. The SMILES string of the molecule is CCNC(=NCc1ccc(Br)cc1C)N1CCC(COCC)C1.I. The molecule has 1 atom stereocenters. The third-order valence-electron chi connectivity index (χ3n) is 4.18. The largest absolute Gasteiger partial charge is 0.381 e. The van der Waals surface area contributed by atoms with E-state index in [-0.39, 0.29) is 24.0 Å². The number of halogens is 2. The van der Waals surface area contributed by atoms with Gasteiger partial charge in [0.1, 0.15) is 0 Å². The van der Waals surface area contributed by atoms with E-state index in [0.717, 1.165) is 43.3 Å². The Kier molecular flexibility index (Phi) is 10.2. The second kappa shape index (κ2) is 11.3. The van der Waals surface area contributed by atoms with Gasteiger partial charge in [-0.05, 0) is 50.5 Å². The molecular weight excluding hydrogens is 481 g/mol. The Morgan fingerprint density at radius 2 is 2.21 bits per heavy atom. The molecule has 0 saturated carbocycles. The lowest BCUT2D eigenvalue weighted by molar-refractivity contribution is 0.114. The van der Waals surface area contributed by atoms with Crippen LogP contribution in [0, 0.1) is 12.8 Å². The number of hydrogen-bond donors (Lipinski definition) is 1. The fraction of sp³-hybridized carbons (Fsp3) is 0.611. The maximum absolute atomic E-state index is 5.57. The highest BCUT2D eigenvalue weighted by molar-refractivity contribution is 14.0. The fourth-order valence-corrected chi connectivity index (χ4v) is 3.34. The number of guanidine groups is 1. The van der Waals surface area contributed by atoms with E-state index in [4.69, 9.17) is 9.73 Å². The fourth-order valence-electron chi connectivity index (χ4n) is 2.87. The molecule has 1 unspecified atom stereocenters. The first-order chi connectivity index (χ1) is 11.1. The zero-order valence-electron chi connectivity index (χ0n) is 14.8. The zero-order valence-corrected chi connectivity index (χ0v) is 18.8. The van der Waals surface area contributed by atoms with Crippen molar-refractivity contribution in [3.05, 3.63) is 33.8 Å². The van der Waals surface area contributed by atoms with Crippen molar-refractivity contribution in [2.24, 2.45) is 10.9 Å². The minimum absolute atomic E-state index is 0. The van der Waals surface area contributed by atoms with Gasteiger partial charge in [0.2, 0.25) is 0 Å². The zero-order chi connectivity index (χ0) is 16.7. The molecule has 1 saturated heterocycles. The summed E-state index contributed by atoms with van der Waals surface area (Å²) in [7, 11) is 0. The van der Waals surface area contributed by atoms with Gasteiger partial charge in [0.15, 0.2) is 5.96 Å². The van der Waals surface area contributed by atoms with Gasteiger partial charge in [-0.3, -0.25) is 0 Å². The molecule has 1 heterocycles. The summed E-state index contributed by atoms with van der Waals surface area (Å²) >= 11 is 3.51. The number of aliphatic imine (C=N–C) groups is 1. The molecule has 1 aliphatic rings. The first kappa shape index (κ1) is 21.7. The van der Waals surface area contributed by atoms with Gasteiger partial charge >= 0.3 is 0 Å². The minimum atomic E-state index is 0. The molecule has 6 heteroatoms. The Balaban J connectivity index is 0.00000288. The summed E-state index contributed by atoms with van der Waals surface area (Å²) in [6.45, 7) is 11.7. The summed E-state index contributed by atoms with van der Waals surface area (Å²) in [5.41, 5.74) is 2.54. The summed E-state index contributed by atoms with van der Waals surface area (Å²) in [5, 5.41) is 3.43. The Bertz CT molecular complexity index is 539. The normalized spacial score (nSPS) is 17.8. The number of likely N-dealkylation sites (tertiary alicyclic amines) is 1. The molecule has 1 aromatic rings. The van der Waals surface area contributed by atoms with E-state index in [2.05, 4.69) is 65.1 Å². The topological polar surface area (TPSA) is 36.9 Å². The van der Waals surface area contributed by atoms with Crippen LogP contribution in [0.5, 0.6) is 0 Å². The van der Waals surface area contributed by atoms with Crippen molar-refractivity contribution in [1.82, 2.24) is 10.2 Å². The maximum Gasteiger partial charge on any atom is 0.194 e. The standard InChI is InChI=1S/C18H28BrN3O.HI/c1-4-20-18(22-9-8-15(12-22)13-23-5-2)21-11-16-6-7-17(19)10-14(16)3;/h6-7,10,15H,4-5,8-9,11-13H2,1-3H3,(H,20,21);1H. The smallest absolute Gasteiger partial charge is 0.194 e. The minimum Gasteiger partial charge on any atom is -0.381 e. The Morgan fingerprint density at radius 1 is 1.42 bits per heavy atom. The van der Waals surface area contributed by atoms with Crippen molar-refractivity contribution in [3.8, 4) is 0 Å². The molecular formula is C18H29BrIN3O. The lowest BCUT2D eigenvalue weighted by Gasteiger charge is -2.22. The molecule has 0 aromatic heterocycles. The van der Waals surface area contributed by atoms with E-state index in [1.54, 1.807) is 0 Å². The molecule has 1 N–H and O–H groups in total. The van der Waals surface area contributed by atoms with Gasteiger partial charge in [-0.1, -0.05) is 22.0 Å². The van der Waals surface area contributed by atoms with Crippen LogP contribution in [0.15, 0.2) is 27.7 Å². The van der Waals surface area contributed by atoms with Gasteiger partial charge in [-0.2, -0.15) is 0 Å². The van der Waals surface area contributed by atoms with Gasteiger partial charge in [-0.25, -0.2) is 4.99 Å². The van der Waals surface area contributed by atoms with Crippen molar-refractivity contribution < 1.29 is 4.74 Å². The number of benzene rings is 1. The van der Waals surface area contributed by atoms with Gasteiger partial charge < -0.3 is 15.0 Å². The summed E-state index contributed by atoms with van der Waals surface area (Å²) in [6, 6.07) is 6.37. The molecule has 0 spiro atoms. The summed E-state index contributed by atoms with van der Waals surface area (Å²) in [6.07, 6.45) is 1.18. The van der Waals surface area contributed by atoms with Crippen LogP contribution in [0.4, 0.5) is 0 Å². The Morgan fingerprint density at radius 3 is 2.88 bits per heavy atom. The molecule has 1 aromatic carbocycles. The maximum atomic E-state index is 5.57. The van der Waals surface area contributed by atoms with Crippen LogP contribution in [0.1, 0.15) is 31.4 Å². The van der Waals surface area contributed by atoms with Crippen LogP contribution in [0.25, 0.3) is 0 Å². The lowest BCUT2D eigenvalue weighted by Crippen LogP contribution is -2.40. The molecule has 1 fully saturated rings. The van der Waals surface area contributed by atoms with Crippen LogP contribution in [0.3, 0.4) is 0 Å². The second-order valence-electron chi connectivity index (χ2n) is 6.00. The van der Waals surface area contributed by atoms with Crippen molar-refractivity contribution >= 4 is 45.9 Å². The molecule has 136 valence electrons. The number of nitrogens with zero attached hydrogens (tertiary/aromatic N) is 2. The van der Waals surface area contributed by atoms with Crippen molar-refractivity contribution in [1.29, 1.82) is 0 Å². The van der Waals surface area contributed by atoms with Crippen molar-refractivity contribution in [2.75, 3.05) is 32.8 Å². The molecule has 1 aliphatic heterocycles. The van der Waals surface area contributed by atoms with Crippen LogP contribution < -0.4 is 5.32 Å². The predicted molar refractivity (Wildman–Crippen MR) is 115 cm³/mol. The van der Waals surface area contributed by atoms with Gasteiger partial charge in [-0.15, -0.1) is 24.0 Å². The van der Waals surface area contributed by atoms with Crippen molar-refractivity contribution in [2.45, 2.75) is 33.7 Å². The molecule has 0 aliphatic carbocycles. The average molecular weight is 510 g/mol. The highest BCUT2D eigenvalue weighted by Crippen LogP contribution is 2.19. The summed E-state index contributed by atoms with van der Waals surface area (Å²) in [4.78, 5) is 7.21. The Labute approximate surface area is 171 Å². The Hall–Kier alpha value is -0.340. The highest BCUT2D eigenvalue weighted by atomic mass is 127. The number of nitrogens with one attached hydrogen (secondary N) is 1. The molecule has 0 radical (unpaired) electrons. The van der Waals surface area contributed by atoms with E-state index in [1.165, 1.54) is 17.5 Å². The van der Waals surface area contributed by atoms with Crippen molar-refractivity contribution in [3.63, 3.8) is 0 Å². The number of ether oxygens (including phenoxy) is 1. The molecule has 2 rings (SSSR count). The second-order valence-corrected chi connectivity index (χ2v) is 6.92. The summed E-state index contributed by atoms with van der Waals surface area (Å²) < 4.78 is 6.69. The molecule has 4 nitrogen and oxygen atoms in total. The number of rotatable bonds is 6. The molecule has 0 amide bonds. The molecule has 0 bridgehead atoms. The molecule has 24 heavy (non-hydrogen) atoms. The predicted octanol–water partition coefficient (Wildman–Crippen LogP) is 4.20. The lowest BCUT2D eigenvalue weighted by atomic mass is 10.1. The van der Waals surface area contributed by atoms with Gasteiger partial charge in [0.25, 0.3) is 0 Å².